The predicted molar refractivity (Wildman–Crippen MR) is 105 cm³/mol. The first-order valence-electron chi connectivity index (χ1n) is 10.4. The van der Waals surface area contributed by atoms with E-state index in [0.717, 1.165) is 11.3 Å². The molecule has 29 heavy (non-hydrogen) atoms. The fourth-order valence-corrected chi connectivity index (χ4v) is 5.24. The average Bonchev–Trinajstić information content (AvgIpc) is 2.83. The second-order valence-corrected chi connectivity index (χ2v) is 9.32. The quantitative estimate of drug-likeness (QED) is 0.712. The van der Waals surface area contributed by atoms with Gasteiger partial charge in [-0.15, -0.1) is 0 Å². The summed E-state index contributed by atoms with van der Waals surface area (Å²) in [6, 6.07) is -0.488. The Balaban J connectivity index is 1.61. The molecule has 2 atom stereocenters. The summed E-state index contributed by atoms with van der Waals surface area (Å²) in [6.07, 6.45) is 1.80. The number of ether oxygens (including phenoxy) is 1. The van der Waals surface area contributed by atoms with Crippen LogP contribution in [0.3, 0.4) is 0 Å². The van der Waals surface area contributed by atoms with E-state index in [1.54, 1.807) is 16.7 Å². The lowest BCUT2D eigenvalue weighted by Crippen LogP contribution is -2.55. The van der Waals surface area contributed by atoms with Crippen LogP contribution in [0, 0.1) is 11.3 Å². The van der Waals surface area contributed by atoms with Crippen LogP contribution in [0.5, 0.6) is 0 Å². The van der Waals surface area contributed by atoms with Crippen LogP contribution in [0.25, 0.3) is 0 Å². The van der Waals surface area contributed by atoms with Crippen LogP contribution < -0.4 is 5.32 Å². The van der Waals surface area contributed by atoms with E-state index >= 15 is 0 Å². The first-order chi connectivity index (χ1) is 13.6. The summed E-state index contributed by atoms with van der Waals surface area (Å²) in [6.45, 7) is 9.58. The minimum Gasteiger partial charge on any atom is -0.450 e. The van der Waals surface area contributed by atoms with Crippen LogP contribution >= 0.6 is 0 Å². The highest BCUT2D eigenvalue weighted by Crippen LogP contribution is 2.46. The molecule has 2 saturated heterocycles. The van der Waals surface area contributed by atoms with E-state index in [1.165, 1.54) is 0 Å². The molecule has 162 valence electrons. The van der Waals surface area contributed by atoms with E-state index in [0.29, 0.717) is 51.5 Å². The third kappa shape index (κ3) is 4.33. The zero-order valence-electron chi connectivity index (χ0n) is 17.8. The number of nitrogens with one attached hydrogen (secondary N) is 1. The average molecular weight is 408 g/mol. The van der Waals surface area contributed by atoms with Gasteiger partial charge < -0.3 is 19.9 Å². The summed E-state index contributed by atoms with van der Waals surface area (Å²) >= 11 is 0. The molecule has 0 unspecified atom stereocenters. The van der Waals surface area contributed by atoms with Gasteiger partial charge in [0.1, 0.15) is 12.1 Å². The van der Waals surface area contributed by atoms with Crippen molar-refractivity contribution >= 4 is 23.9 Å². The van der Waals surface area contributed by atoms with E-state index in [-0.39, 0.29) is 29.9 Å². The topological polar surface area (TPSA) is 99.3 Å². The number of carbonyl (C=O) groups excluding carboxylic acids is 4. The number of amides is 5. The number of hydrogen-bond acceptors (Lipinski definition) is 5. The van der Waals surface area contributed by atoms with Gasteiger partial charge in [0.15, 0.2) is 0 Å². The Morgan fingerprint density at radius 2 is 1.72 bits per heavy atom. The largest absolute Gasteiger partial charge is 0.450 e. The molecule has 9 heteroatoms. The van der Waals surface area contributed by atoms with Gasteiger partial charge in [-0.1, -0.05) is 20.8 Å². The summed E-state index contributed by atoms with van der Waals surface area (Å²) < 4.78 is 4.98. The molecular formula is C20H32N4O5. The zero-order valence-corrected chi connectivity index (χ0v) is 17.8. The lowest BCUT2D eigenvalue weighted by molar-refractivity contribution is -0.141. The highest BCUT2D eigenvalue weighted by Gasteiger charge is 2.56. The fraction of sp³-hybridized carbons (Fsp3) is 0.800. The van der Waals surface area contributed by atoms with Crippen molar-refractivity contribution in [2.45, 2.75) is 52.5 Å². The number of rotatable bonds is 3. The third-order valence-corrected chi connectivity index (χ3v) is 6.08. The molecule has 0 aromatic rings. The molecule has 9 nitrogen and oxygen atoms in total. The fourth-order valence-electron chi connectivity index (χ4n) is 5.24. The van der Waals surface area contributed by atoms with Crippen LogP contribution in [-0.4, -0.2) is 83.5 Å². The normalized spacial score (nSPS) is 29.2. The molecule has 0 radical (unpaired) electrons. The Labute approximate surface area is 171 Å². The van der Waals surface area contributed by atoms with Gasteiger partial charge in [0.05, 0.1) is 6.61 Å². The molecular weight excluding hydrogens is 376 g/mol. The predicted octanol–water partition coefficient (Wildman–Crippen LogP) is 1.42. The van der Waals surface area contributed by atoms with E-state index in [9.17, 15) is 19.2 Å². The maximum absolute atomic E-state index is 13.2. The Morgan fingerprint density at radius 3 is 2.31 bits per heavy atom. The molecule has 0 bridgehead atoms. The number of piperazine rings is 1. The first kappa shape index (κ1) is 21.4. The van der Waals surface area contributed by atoms with Gasteiger partial charge >= 0.3 is 12.1 Å². The van der Waals surface area contributed by atoms with Crippen molar-refractivity contribution in [2.24, 2.45) is 11.3 Å². The summed E-state index contributed by atoms with van der Waals surface area (Å²) in [4.78, 5) is 54.4. The second kappa shape index (κ2) is 7.84. The lowest BCUT2D eigenvalue weighted by Gasteiger charge is -2.43. The molecule has 3 rings (SSSR count). The van der Waals surface area contributed by atoms with Crippen LogP contribution in [0.15, 0.2) is 0 Å². The molecule has 1 aliphatic carbocycles. The van der Waals surface area contributed by atoms with Gasteiger partial charge in [0, 0.05) is 26.2 Å². The Bertz CT molecular complexity index is 701. The number of urea groups is 1. The van der Waals surface area contributed by atoms with Crippen molar-refractivity contribution in [3.8, 4) is 0 Å². The minimum absolute atomic E-state index is 0.0515. The number of hydrogen-bond donors (Lipinski definition) is 1. The molecule has 5 amide bonds. The molecule has 1 spiro atoms. The summed E-state index contributed by atoms with van der Waals surface area (Å²) in [7, 11) is 0. The van der Waals surface area contributed by atoms with Crippen molar-refractivity contribution in [1.29, 1.82) is 0 Å². The van der Waals surface area contributed by atoms with Gasteiger partial charge in [-0.2, -0.15) is 0 Å². The molecule has 3 fully saturated rings. The lowest BCUT2D eigenvalue weighted by atomic mass is 9.64. The monoisotopic (exact) mass is 408 g/mol. The van der Waals surface area contributed by atoms with Crippen molar-refractivity contribution in [3.63, 3.8) is 0 Å². The standard InChI is InChI=1S/C20H32N4O5/c1-5-29-18(28)23-8-6-22(7-9-23)15(25)12-24-16(26)20(21-17(24)27)11-14(2)10-19(3,4)13-20/h14H,5-13H2,1-4H3,(H,21,27)/t14-,20-/m1/s1. The molecule has 1 saturated carbocycles. The van der Waals surface area contributed by atoms with Crippen LogP contribution in [-0.2, 0) is 14.3 Å². The smallest absolute Gasteiger partial charge is 0.409 e. The van der Waals surface area contributed by atoms with Crippen molar-refractivity contribution < 1.29 is 23.9 Å². The summed E-state index contributed by atoms with van der Waals surface area (Å²) in [5.41, 5.74) is -0.953. The maximum atomic E-state index is 13.2. The molecule has 3 aliphatic rings. The minimum atomic E-state index is -0.902. The molecule has 0 aromatic carbocycles. The summed E-state index contributed by atoms with van der Waals surface area (Å²) in [5, 5.41) is 2.90. The zero-order chi connectivity index (χ0) is 21.4. The van der Waals surface area contributed by atoms with E-state index in [4.69, 9.17) is 4.74 Å². The molecule has 2 heterocycles. The Kier molecular flexibility index (Phi) is 5.78. The van der Waals surface area contributed by atoms with Gasteiger partial charge in [0.25, 0.3) is 5.91 Å². The Hall–Kier alpha value is -2.32. The van der Waals surface area contributed by atoms with Crippen molar-refractivity contribution in [2.75, 3.05) is 39.3 Å². The van der Waals surface area contributed by atoms with E-state index in [2.05, 4.69) is 26.1 Å². The van der Waals surface area contributed by atoms with Crippen molar-refractivity contribution in [1.82, 2.24) is 20.0 Å². The summed E-state index contributed by atoms with van der Waals surface area (Å²) in [5.74, 6) is -0.257. The van der Waals surface area contributed by atoms with Gasteiger partial charge in [-0.05, 0) is 37.5 Å². The van der Waals surface area contributed by atoms with Crippen LogP contribution in [0.2, 0.25) is 0 Å². The third-order valence-electron chi connectivity index (χ3n) is 6.08. The number of imide groups is 1. The van der Waals surface area contributed by atoms with Crippen LogP contribution in [0.1, 0.15) is 47.0 Å². The van der Waals surface area contributed by atoms with Crippen LogP contribution in [0.4, 0.5) is 9.59 Å². The molecule has 1 N–H and O–H groups in total. The number of carbonyl (C=O) groups is 4. The van der Waals surface area contributed by atoms with Gasteiger partial charge in [0.2, 0.25) is 5.91 Å². The highest BCUT2D eigenvalue weighted by atomic mass is 16.6. The first-order valence-corrected chi connectivity index (χ1v) is 10.4. The van der Waals surface area contributed by atoms with E-state index in [1.807, 2.05) is 0 Å². The maximum Gasteiger partial charge on any atom is 0.409 e. The highest BCUT2D eigenvalue weighted by molar-refractivity contribution is 6.09. The molecule has 0 aromatic heterocycles. The molecule has 2 aliphatic heterocycles. The SMILES string of the molecule is CCOC(=O)N1CCN(C(=O)CN2C(=O)N[C@@]3(C[C@H](C)CC(C)(C)C3)C2=O)CC1. The van der Waals surface area contributed by atoms with Gasteiger partial charge in [-0.25, -0.2) is 9.59 Å². The van der Waals surface area contributed by atoms with Crippen molar-refractivity contribution in [3.05, 3.63) is 0 Å². The van der Waals surface area contributed by atoms with E-state index < -0.39 is 11.6 Å². The number of nitrogens with zero attached hydrogens (tertiary/aromatic N) is 3. The van der Waals surface area contributed by atoms with Gasteiger partial charge in [-0.3, -0.25) is 14.5 Å². The Morgan fingerprint density at radius 1 is 1.10 bits per heavy atom. The second-order valence-electron chi connectivity index (χ2n) is 9.32.